The number of benzene rings is 1. The van der Waals surface area contributed by atoms with Crippen molar-refractivity contribution in [3.63, 3.8) is 0 Å². The van der Waals surface area contributed by atoms with Crippen LogP contribution in [0.15, 0.2) is 18.2 Å². The van der Waals surface area contributed by atoms with Crippen LogP contribution in [0.2, 0.25) is 0 Å². The number of aryl methyl sites for hydroxylation is 2. The monoisotopic (exact) mass is 310 g/mol. The van der Waals surface area contributed by atoms with Gasteiger partial charge in [-0.3, -0.25) is 4.98 Å². The number of hydrogen-bond donors (Lipinski definition) is 1. The molecule has 1 aromatic carbocycles. The fourth-order valence-corrected chi connectivity index (χ4v) is 3.97. The van der Waals surface area contributed by atoms with Crippen LogP contribution in [0.5, 0.6) is 0 Å². The van der Waals surface area contributed by atoms with Gasteiger partial charge in [-0.05, 0) is 55.4 Å². The SMILES string of the molecule is CCc1ccc2nc3c(c(-c4nnc(N)s4)c2c1)CCCC3. The smallest absolute Gasteiger partial charge is 0.203 e. The Morgan fingerprint density at radius 3 is 2.82 bits per heavy atom. The lowest BCUT2D eigenvalue weighted by molar-refractivity contribution is 0.672. The highest BCUT2D eigenvalue weighted by atomic mass is 32.1. The van der Waals surface area contributed by atoms with Crippen molar-refractivity contribution >= 4 is 27.4 Å². The van der Waals surface area contributed by atoms with Crippen molar-refractivity contribution < 1.29 is 0 Å². The van der Waals surface area contributed by atoms with Crippen LogP contribution >= 0.6 is 11.3 Å². The van der Waals surface area contributed by atoms with Gasteiger partial charge in [0.05, 0.1) is 5.52 Å². The van der Waals surface area contributed by atoms with E-state index in [0.29, 0.717) is 5.13 Å². The summed E-state index contributed by atoms with van der Waals surface area (Å²) in [4.78, 5) is 4.91. The minimum atomic E-state index is 0.524. The van der Waals surface area contributed by atoms with E-state index in [-0.39, 0.29) is 0 Å². The lowest BCUT2D eigenvalue weighted by Gasteiger charge is -2.19. The van der Waals surface area contributed by atoms with E-state index in [2.05, 4.69) is 35.3 Å². The van der Waals surface area contributed by atoms with Crippen molar-refractivity contribution in [2.45, 2.75) is 39.0 Å². The average molecular weight is 310 g/mol. The Labute approximate surface area is 133 Å². The van der Waals surface area contributed by atoms with Crippen LogP contribution in [0.1, 0.15) is 36.6 Å². The Kier molecular flexibility index (Phi) is 3.30. The molecule has 0 amide bonds. The molecule has 3 aromatic rings. The molecule has 4 nitrogen and oxygen atoms in total. The second kappa shape index (κ2) is 5.32. The number of nitrogen functional groups attached to an aromatic ring is 1. The zero-order valence-electron chi connectivity index (χ0n) is 12.6. The summed E-state index contributed by atoms with van der Waals surface area (Å²) in [5.74, 6) is 0. The molecule has 0 fully saturated rings. The normalized spacial score (nSPS) is 14.2. The van der Waals surface area contributed by atoms with Gasteiger partial charge >= 0.3 is 0 Å². The Morgan fingerprint density at radius 1 is 1.18 bits per heavy atom. The van der Waals surface area contributed by atoms with Gasteiger partial charge in [0.25, 0.3) is 0 Å². The lowest BCUT2D eigenvalue weighted by atomic mass is 9.89. The van der Waals surface area contributed by atoms with E-state index in [0.717, 1.165) is 29.8 Å². The highest BCUT2D eigenvalue weighted by Gasteiger charge is 2.21. The number of rotatable bonds is 2. The predicted octanol–water partition coefficient (Wildman–Crippen LogP) is 3.78. The van der Waals surface area contributed by atoms with Crippen LogP contribution in [0.3, 0.4) is 0 Å². The van der Waals surface area contributed by atoms with E-state index in [1.54, 1.807) is 0 Å². The maximum Gasteiger partial charge on any atom is 0.203 e. The number of hydrogen-bond acceptors (Lipinski definition) is 5. The summed E-state index contributed by atoms with van der Waals surface area (Å²) >= 11 is 1.47. The van der Waals surface area contributed by atoms with Gasteiger partial charge in [-0.2, -0.15) is 0 Å². The molecule has 0 spiro atoms. The summed E-state index contributed by atoms with van der Waals surface area (Å²) < 4.78 is 0. The Balaban J connectivity index is 2.08. The Hall–Kier alpha value is -2.01. The van der Waals surface area contributed by atoms with Crippen LogP contribution < -0.4 is 5.73 Å². The summed E-state index contributed by atoms with van der Waals surface area (Å²) in [6.07, 6.45) is 5.58. The summed E-state index contributed by atoms with van der Waals surface area (Å²) in [6, 6.07) is 6.56. The Bertz CT molecular complexity index is 853. The van der Waals surface area contributed by atoms with Crippen molar-refractivity contribution in [2.24, 2.45) is 0 Å². The standard InChI is InChI=1S/C17H18N4S/c1-2-10-7-8-14-12(9-10)15(16-20-21-17(18)22-16)11-5-3-4-6-13(11)19-14/h7-9H,2-6H2,1H3,(H2,18,21). The van der Waals surface area contributed by atoms with Gasteiger partial charge in [-0.15, -0.1) is 10.2 Å². The maximum atomic E-state index is 5.82. The van der Waals surface area contributed by atoms with E-state index in [1.807, 2.05) is 0 Å². The number of fused-ring (bicyclic) bond motifs is 2. The zero-order chi connectivity index (χ0) is 15.1. The van der Waals surface area contributed by atoms with Crippen LogP contribution in [-0.2, 0) is 19.3 Å². The van der Waals surface area contributed by atoms with E-state index in [1.165, 1.54) is 51.9 Å². The molecular weight excluding hydrogens is 292 g/mol. The molecule has 112 valence electrons. The third-order valence-electron chi connectivity index (χ3n) is 4.39. The molecule has 1 aliphatic carbocycles. The van der Waals surface area contributed by atoms with Crippen molar-refractivity contribution in [3.05, 3.63) is 35.0 Å². The van der Waals surface area contributed by atoms with Crippen molar-refractivity contribution in [2.75, 3.05) is 5.73 Å². The third kappa shape index (κ3) is 2.16. The first-order chi connectivity index (χ1) is 10.8. The Morgan fingerprint density at radius 2 is 2.05 bits per heavy atom. The van der Waals surface area contributed by atoms with Gasteiger partial charge in [0.2, 0.25) is 5.13 Å². The molecule has 1 aliphatic rings. The minimum absolute atomic E-state index is 0.524. The molecule has 2 N–H and O–H groups in total. The van der Waals surface area contributed by atoms with Crippen LogP contribution in [0.4, 0.5) is 5.13 Å². The summed E-state index contributed by atoms with van der Waals surface area (Å²) in [5.41, 5.74) is 12.0. The molecule has 0 saturated heterocycles. The number of nitrogens with two attached hydrogens (primary N) is 1. The average Bonchev–Trinajstić information content (AvgIpc) is 2.98. The molecule has 4 rings (SSSR count). The van der Waals surface area contributed by atoms with E-state index < -0.39 is 0 Å². The summed E-state index contributed by atoms with van der Waals surface area (Å²) in [7, 11) is 0. The fourth-order valence-electron chi connectivity index (χ4n) is 3.27. The highest BCUT2D eigenvalue weighted by molar-refractivity contribution is 7.18. The van der Waals surface area contributed by atoms with Crippen LogP contribution in [0.25, 0.3) is 21.5 Å². The number of pyridine rings is 1. The van der Waals surface area contributed by atoms with Gasteiger partial charge in [0.15, 0.2) is 5.01 Å². The lowest BCUT2D eigenvalue weighted by Crippen LogP contribution is -2.08. The maximum absolute atomic E-state index is 5.82. The second-order valence-electron chi connectivity index (χ2n) is 5.77. The topological polar surface area (TPSA) is 64.7 Å². The van der Waals surface area contributed by atoms with Crippen molar-refractivity contribution in [1.29, 1.82) is 0 Å². The number of nitrogens with zero attached hydrogens (tertiary/aromatic N) is 3. The van der Waals surface area contributed by atoms with Gasteiger partial charge < -0.3 is 5.73 Å². The molecule has 0 aliphatic heterocycles. The number of aromatic nitrogens is 3. The molecule has 0 radical (unpaired) electrons. The van der Waals surface area contributed by atoms with E-state index in [9.17, 15) is 0 Å². The molecular formula is C17H18N4S. The first kappa shape index (κ1) is 13.6. The highest BCUT2D eigenvalue weighted by Crippen LogP contribution is 2.38. The quantitative estimate of drug-likeness (QED) is 0.782. The predicted molar refractivity (Wildman–Crippen MR) is 91.1 cm³/mol. The molecule has 2 heterocycles. The largest absolute Gasteiger partial charge is 0.374 e. The molecule has 0 saturated carbocycles. The van der Waals surface area contributed by atoms with Gasteiger partial charge in [0.1, 0.15) is 0 Å². The minimum Gasteiger partial charge on any atom is -0.374 e. The third-order valence-corrected chi connectivity index (χ3v) is 5.16. The number of anilines is 1. The van der Waals surface area contributed by atoms with Crippen LogP contribution in [-0.4, -0.2) is 15.2 Å². The molecule has 0 unspecified atom stereocenters. The van der Waals surface area contributed by atoms with Gasteiger partial charge in [0, 0.05) is 16.6 Å². The van der Waals surface area contributed by atoms with E-state index >= 15 is 0 Å². The first-order valence-electron chi connectivity index (χ1n) is 7.80. The molecule has 0 bridgehead atoms. The summed E-state index contributed by atoms with van der Waals surface area (Å²) in [5, 5.41) is 11.0. The molecule has 2 aromatic heterocycles. The molecule has 0 atom stereocenters. The van der Waals surface area contributed by atoms with Crippen LogP contribution in [0, 0.1) is 0 Å². The molecule has 5 heteroatoms. The van der Waals surface area contributed by atoms with Crippen molar-refractivity contribution in [3.8, 4) is 10.6 Å². The van der Waals surface area contributed by atoms with Gasteiger partial charge in [-0.25, -0.2) is 0 Å². The zero-order valence-corrected chi connectivity index (χ0v) is 13.4. The van der Waals surface area contributed by atoms with Gasteiger partial charge in [-0.1, -0.05) is 24.3 Å². The second-order valence-corrected chi connectivity index (χ2v) is 6.78. The van der Waals surface area contributed by atoms with E-state index in [4.69, 9.17) is 10.7 Å². The van der Waals surface area contributed by atoms with Crippen molar-refractivity contribution in [1.82, 2.24) is 15.2 Å². The fraction of sp³-hybridized carbons (Fsp3) is 0.353. The summed E-state index contributed by atoms with van der Waals surface area (Å²) in [6.45, 7) is 2.18. The molecule has 22 heavy (non-hydrogen) atoms. The first-order valence-corrected chi connectivity index (χ1v) is 8.61.